The smallest absolute Gasteiger partial charge is 0.246 e. The van der Waals surface area contributed by atoms with Crippen molar-refractivity contribution in [1.29, 1.82) is 0 Å². The van der Waals surface area contributed by atoms with E-state index in [0.717, 1.165) is 16.4 Å². The van der Waals surface area contributed by atoms with Gasteiger partial charge in [0.25, 0.3) is 0 Å². The fourth-order valence-electron chi connectivity index (χ4n) is 3.74. The molecule has 2 heterocycles. The molecule has 8 nitrogen and oxygen atoms in total. The third-order valence-electron chi connectivity index (χ3n) is 5.43. The third kappa shape index (κ3) is 4.49. The average molecular weight is 482 g/mol. The van der Waals surface area contributed by atoms with E-state index in [-0.39, 0.29) is 50.9 Å². The van der Waals surface area contributed by atoms with Crippen LogP contribution in [0.15, 0.2) is 47.4 Å². The highest BCUT2D eigenvalue weighted by Gasteiger charge is 2.36. The Hall–Kier alpha value is -2.53. The van der Waals surface area contributed by atoms with E-state index in [1.165, 1.54) is 11.0 Å². The van der Waals surface area contributed by atoms with Crippen molar-refractivity contribution < 1.29 is 27.1 Å². The highest BCUT2D eigenvalue weighted by molar-refractivity contribution is 7.89. The number of carbonyl (C=O) groups is 2. The summed E-state index contributed by atoms with van der Waals surface area (Å²) in [6, 6.07) is 10.2. The SMILES string of the molecule is O=C(Nc1ccc(F)c(S(=O)(=O)N2CCOCC2)c1)[C@H]1CC(=O)N(c2ccccc2Cl)C1. The Kier molecular flexibility index (Phi) is 6.47. The quantitative estimate of drug-likeness (QED) is 0.707. The second-order valence-electron chi connectivity index (χ2n) is 7.51. The van der Waals surface area contributed by atoms with Crippen molar-refractivity contribution in [2.45, 2.75) is 11.3 Å². The summed E-state index contributed by atoms with van der Waals surface area (Å²) in [4.78, 5) is 26.2. The van der Waals surface area contributed by atoms with Crippen molar-refractivity contribution in [3.63, 3.8) is 0 Å². The van der Waals surface area contributed by atoms with E-state index in [9.17, 15) is 22.4 Å². The van der Waals surface area contributed by atoms with Crippen LogP contribution < -0.4 is 10.2 Å². The summed E-state index contributed by atoms with van der Waals surface area (Å²) in [5.41, 5.74) is 0.655. The highest BCUT2D eigenvalue weighted by atomic mass is 35.5. The second-order valence-corrected chi connectivity index (χ2v) is 9.82. The van der Waals surface area contributed by atoms with Crippen molar-refractivity contribution in [2.24, 2.45) is 5.92 Å². The number of sulfonamides is 1. The van der Waals surface area contributed by atoms with E-state index < -0.39 is 32.6 Å². The summed E-state index contributed by atoms with van der Waals surface area (Å²) in [6.45, 7) is 0.846. The summed E-state index contributed by atoms with van der Waals surface area (Å²) in [5.74, 6) is -2.28. The number of carbonyl (C=O) groups excluding carboxylic acids is 2. The van der Waals surface area contributed by atoms with Crippen molar-refractivity contribution >= 4 is 44.8 Å². The predicted octanol–water partition coefficient (Wildman–Crippen LogP) is 2.49. The van der Waals surface area contributed by atoms with E-state index in [1.54, 1.807) is 24.3 Å². The Labute approximate surface area is 189 Å². The van der Waals surface area contributed by atoms with Gasteiger partial charge in [0.2, 0.25) is 21.8 Å². The van der Waals surface area contributed by atoms with E-state index >= 15 is 0 Å². The van der Waals surface area contributed by atoms with Gasteiger partial charge in [0.1, 0.15) is 10.7 Å². The van der Waals surface area contributed by atoms with Crippen LogP contribution in [0.2, 0.25) is 5.02 Å². The summed E-state index contributed by atoms with van der Waals surface area (Å²) < 4.78 is 46.3. The molecule has 4 rings (SSSR count). The van der Waals surface area contributed by atoms with Gasteiger partial charge in [-0.2, -0.15) is 4.31 Å². The Bertz CT molecular complexity index is 1150. The molecule has 1 N–H and O–H groups in total. The summed E-state index contributed by atoms with van der Waals surface area (Å²) in [5, 5.41) is 3.01. The minimum atomic E-state index is -4.08. The first-order chi connectivity index (χ1) is 15.3. The van der Waals surface area contributed by atoms with E-state index in [2.05, 4.69) is 5.32 Å². The lowest BCUT2D eigenvalue weighted by molar-refractivity contribution is -0.122. The van der Waals surface area contributed by atoms with Crippen LogP contribution in [-0.2, 0) is 24.3 Å². The van der Waals surface area contributed by atoms with Gasteiger partial charge in [-0.3, -0.25) is 9.59 Å². The summed E-state index contributed by atoms with van der Waals surface area (Å²) in [7, 11) is -4.08. The largest absolute Gasteiger partial charge is 0.379 e. The van der Waals surface area contributed by atoms with Gasteiger partial charge < -0.3 is 15.0 Å². The molecule has 0 radical (unpaired) electrons. The number of rotatable bonds is 5. The number of anilines is 2. The number of morpholine rings is 1. The normalized spacial score (nSPS) is 19.9. The molecule has 32 heavy (non-hydrogen) atoms. The van der Waals surface area contributed by atoms with Gasteiger partial charge in [-0.05, 0) is 30.3 Å². The molecule has 0 aromatic heterocycles. The lowest BCUT2D eigenvalue weighted by atomic mass is 10.1. The number of nitrogens with zero attached hydrogens (tertiary/aromatic N) is 2. The first kappa shape index (κ1) is 22.7. The molecule has 2 fully saturated rings. The number of nitrogens with one attached hydrogen (secondary N) is 1. The lowest BCUT2D eigenvalue weighted by Gasteiger charge is -2.26. The molecule has 0 bridgehead atoms. The molecule has 0 saturated carbocycles. The van der Waals surface area contributed by atoms with Gasteiger partial charge >= 0.3 is 0 Å². The van der Waals surface area contributed by atoms with Crippen LogP contribution in [0.4, 0.5) is 15.8 Å². The van der Waals surface area contributed by atoms with Crippen molar-refractivity contribution in [2.75, 3.05) is 43.1 Å². The Morgan fingerprint density at radius 2 is 1.88 bits per heavy atom. The third-order valence-corrected chi connectivity index (χ3v) is 7.66. The van der Waals surface area contributed by atoms with Crippen LogP contribution in [0.5, 0.6) is 0 Å². The fraction of sp³-hybridized carbons (Fsp3) is 0.333. The number of hydrogen-bond donors (Lipinski definition) is 1. The van der Waals surface area contributed by atoms with Crippen LogP contribution in [0.1, 0.15) is 6.42 Å². The molecule has 0 spiro atoms. The number of para-hydroxylation sites is 1. The molecule has 0 unspecified atom stereocenters. The summed E-state index contributed by atoms with van der Waals surface area (Å²) >= 11 is 6.17. The Balaban J connectivity index is 1.50. The van der Waals surface area contributed by atoms with Crippen LogP contribution in [0.3, 0.4) is 0 Å². The zero-order chi connectivity index (χ0) is 22.9. The molecule has 1 atom stereocenters. The number of hydrogen-bond acceptors (Lipinski definition) is 5. The zero-order valence-electron chi connectivity index (χ0n) is 17.0. The maximum absolute atomic E-state index is 14.4. The molecule has 2 amide bonds. The van der Waals surface area contributed by atoms with Crippen molar-refractivity contribution in [3.8, 4) is 0 Å². The minimum Gasteiger partial charge on any atom is -0.379 e. The molecule has 0 aliphatic carbocycles. The van der Waals surface area contributed by atoms with E-state index in [1.807, 2.05) is 0 Å². The number of amides is 2. The van der Waals surface area contributed by atoms with Crippen LogP contribution in [0, 0.1) is 11.7 Å². The van der Waals surface area contributed by atoms with E-state index in [4.69, 9.17) is 16.3 Å². The van der Waals surface area contributed by atoms with Gasteiger partial charge in [-0.15, -0.1) is 0 Å². The van der Waals surface area contributed by atoms with Crippen molar-refractivity contribution in [3.05, 3.63) is 53.3 Å². The standard InChI is InChI=1S/C21H21ClFN3O5S/c22-16-3-1-2-4-18(16)26-13-14(11-20(26)27)21(28)24-15-5-6-17(23)19(12-15)32(29,30)25-7-9-31-10-8-25/h1-6,12,14H,7-11,13H2,(H,24,28)/t14-/m0/s1. The van der Waals surface area contributed by atoms with E-state index in [0.29, 0.717) is 10.7 Å². The molecule has 170 valence electrons. The van der Waals surface area contributed by atoms with Crippen LogP contribution in [-0.4, -0.2) is 57.4 Å². The minimum absolute atomic E-state index is 0.0167. The molecule has 11 heteroatoms. The Morgan fingerprint density at radius 3 is 2.59 bits per heavy atom. The lowest BCUT2D eigenvalue weighted by Crippen LogP contribution is -2.40. The molecular formula is C21H21ClFN3O5S. The second kappa shape index (κ2) is 9.14. The zero-order valence-corrected chi connectivity index (χ0v) is 18.5. The molecule has 2 aromatic carbocycles. The van der Waals surface area contributed by atoms with Gasteiger partial charge in [-0.1, -0.05) is 23.7 Å². The van der Waals surface area contributed by atoms with Crippen LogP contribution in [0.25, 0.3) is 0 Å². The molecule has 2 saturated heterocycles. The molecular weight excluding hydrogens is 461 g/mol. The predicted molar refractivity (Wildman–Crippen MR) is 117 cm³/mol. The maximum Gasteiger partial charge on any atom is 0.246 e. The maximum atomic E-state index is 14.4. The van der Waals surface area contributed by atoms with Crippen LogP contribution >= 0.6 is 11.6 Å². The average Bonchev–Trinajstić information content (AvgIpc) is 3.17. The number of benzene rings is 2. The number of halogens is 2. The summed E-state index contributed by atoms with van der Waals surface area (Å²) in [6.07, 6.45) is -0.0167. The first-order valence-corrected chi connectivity index (χ1v) is 11.8. The number of ether oxygens (including phenoxy) is 1. The van der Waals surface area contributed by atoms with Gasteiger partial charge in [0.05, 0.1) is 29.8 Å². The highest BCUT2D eigenvalue weighted by Crippen LogP contribution is 2.32. The van der Waals surface area contributed by atoms with Crippen molar-refractivity contribution in [1.82, 2.24) is 4.31 Å². The Morgan fingerprint density at radius 1 is 1.16 bits per heavy atom. The molecule has 2 aromatic rings. The van der Waals surface area contributed by atoms with Gasteiger partial charge in [0.15, 0.2) is 0 Å². The molecule has 2 aliphatic heterocycles. The monoisotopic (exact) mass is 481 g/mol. The first-order valence-electron chi connectivity index (χ1n) is 10.0. The fourth-order valence-corrected chi connectivity index (χ4v) is 5.47. The van der Waals surface area contributed by atoms with Gasteiger partial charge in [-0.25, -0.2) is 12.8 Å². The van der Waals surface area contributed by atoms with Gasteiger partial charge in [0, 0.05) is 31.7 Å². The molecule has 2 aliphatic rings. The topological polar surface area (TPSA) is 96.0 Å².